The van der Waals surface area contributed by atoms with Gasteiger partial charge in [0.05, 0.1) is 24.0 Å². The molecular formula is C29H25F3N4O7. The third-order valence-corrected chi connectivity index (χ3v) is 6.46. The smallest absolute Gasteiger partial charge is 0.416 e. The number of ketones is 1. The highest BCUT2D eigenvalue weighted by atomic mass is 19.4. The van der Waals surface area contributed by atoms with Crippen molar-refractivity contribution in [3.63, 3.8) is 0 Å². The average Bonchev–Trinajstić information content (AvgIpc) is 2.98. The first-order valence-corrected chi connectivity index (χ1v) is 12.8. The number of aromatic nitrogens is 3. The number of hydrogen-bond donors (Lipinski definition) is 2. The van der Waals surface area contributed by atoms with Crippen molar-refractivity contribution in [2.24, 2.45) is 5.92 Å². The largest absolute Gasteiger partial charge is 0.489 e. The molecule has 43 heavy (non-hydrogen) atoms. The van der Waals surface area contributed by atoms with Crippen LogP contribution < -0.4 is 15.6 Å². The van der Waals surface area contributed by atoms with E-state index in [4.69, 9.17) is 4.74 Å². The Balaban J connectivity index is 1.35. The Morgan fingerprint density at radius 3 is 2.47 bits per heavy atom. The molecule has 4 rings (SSSR count). The van der Waals surface area contributed by atoms with E-state index >= 15 is 0 Å². The average molecular weight is 599 g/mol. The van der Waals surface area contributed by atoms with Crippen LogP contribution in [0.15, 0.2) is 71.5 Å². The van der Waals surface area contributed by atoms with Crippen LogP contribution in [-0.4, -0.2) is 45.1 Å². The summed E-state index contributed by atoms with van der Waals surface area (Å²) >= 11 is 0. The Kier molecular flexibility index (Phi) is 9.38. The molecule has 0 aliphatic carbocycles. The number of anilines is 1. The van der Waals surface area contributed by atoms with Crippen LogP contribution in [0.5, 0.6) is 5.75 Å². The lowest BCUT2D eigenvalue weighted by atomic mass is 9.95. The fourth-order valence-electron chi connectivity index (χ4n) is 4.14. The van der Waals surface area contributed by atoms with Gasteiger partial charge in [0.1, 0.15) is 17.9 Å². The van der Waals surface area contributed by atoms with Crippen molar-refractivity contribution in [1.29, 1.82) is 0 Å². The molecule has 1 heterocycles. The van der Waals surface area contributed by atoms with E-state index in [0.29, 0.717) is 17.5 Å². The molecular weight excluding hydrogens is 573 g/mol. The van der Waals surface area contributed by atoms with Gasteiger partial charge in [-0.1, -0.05) is 17.3 Å². The van der Waals surface area contributed by atoms with Crippen molar-refractivity contribution in [3.8, 4) is 5.75 Å². The summed E-state index contributed by atoms with van der Waals surface area (Å²) < 4.78 is 50.0. The zero-order valence-electron chi connectivity index (χ0n) is 22.6. The number of nitrogens with zero attached hydrogens (tertiary/aromatic N) is 3. The molecule has 14 heteroatoms. The quantitative estimate of drug-likeness (QED) is 0.229. The number of Topliss-reactive ketones (excluding diaryl/α,β-unsaturated/α-hetero) is 1. The summed E-state index contributed by atoms with van der Waals surface area (Å²) in [6.07, 6.45) is -5.73. The number of hydrogen-bond acceptors (Lipinski definition) is 8. The lowest BCUT2D eigenvalue weighted by Crippen LogP contribution is -2.27. The molecule has 0 aliphatic rings. The van der Waals surface area contributed by atoms with Crippen molar-refractivity contribution >= 4 is 34.4 Å². The topological polar surface area (TPSA) is 150 Å². The maximum absolute atomic E-state index is 12.9. The number of ether oxygens (including phenoxy) is 2. The monoisotopic (exact) mass is 598 g/mol. The van der Waals surface area contributed by atoms with Crippen molar-refractivity contribution in [1.82, 2.24) is 15.0 Å². The van der Waals surface area contributed by atoms with Gasteiger partial charge in [0.2, 0.25) is 0 Å². The molecule has 1 aromatic heterocycles. The summed E-state index contributed by atoms with van der Waals surface area (Å²) in [6.45, 7) is -0.0399. The van der Waals surface area contributed by atoms with Crippen LogP contribution in [0.2, 0.25) is 0 Å². The van der Waals surface area contributed by atoms with Crippen LogP contribution >= 0.6 is 0 Å². The minimum Gasteiger partial charge on any atom is -0.489 e. The predicted molar refractivity (Wildman–Crippen MR) is 147 cm³/mol. The number of methoxy groups -OCH3 is 1. The maximum Gasteiger partial charge on any atom is 0.416 e. The first-order chi connectivity index (χ1) is 20.4. The SMILES string of the molecule is COC(=O)Nc1cccc(COc2ccc(C(=O)CC(CCn3nnc4cc(C(F)(F)F)ccc4c3=O)C(=O)O)cc2)c1. The molecule has 0 saturated carbocycles. The highest BCUT2D eigenvalue weighted by molar-refractivity contribution is 5.98. The lowest BCUT2D eigenvalue weighted by molar-refractivity contribution is -0.142. The van der Waals surface area contributed by atoms with Gasteiger partial charge in [-0.15, -0.1) is 5.10 Å². The van der Waals surface area contributed by atoms with Gasteiger partial charge in [-0.05, 0) is 66.6 Å². The number of carbonyl (C=O) groups excluding carboxylic acids is 2. The molecule has 3 aromatic carbocycles. The molecule has 11 nitrogen and oxygen atoms in total. The molecule has 0 spiro atoms. The molecule has 1 amide bonds. The van der Waals surface area contributed by atoms with Gasteiger partial charge in [-0.25, -0.2) is 9.48 Å². The van der Waals surface area contributed by atoms with E-state index < -0.39 is 41.1 Å². The summed E-state index contributed by atoms with van der Waals surface area (Å²) in [7, 11) is 1.26. The number of rotatable bonds is 11. The molecule has 4 aromatic rings. The second-order valence-electron chi connectivity index (χ2n) is 9.43. The van der Waals surface area contributed by atoms with E-state index in [0.717, 1.165) is 22.4 Å². The summed E-state index contributed by atoms with van der Waals surface area (Å²) in [6, 6.07) is 15.5. The van der Waals surface area contributed by atoms with E-state index in [9.17, 15) is 37.5 Å². The molecule has 0 saturated heterocycles. The number of alkyl halides is 3. The minimum absolute atomic E-state index is 0.0983. The zero-order chi connectivity index (χ0) is 31.1. The molecule has 1 unspecified atom stereocenters. The number of halogens is 3. The van der Waals surface area contributed by atoms with Crippen molar-refractivity contribution in [2.45, 2.75) is 32.2 Å². The van der Waals surface area contributed by atoms with Crippen LogP contribution in [0.25, 0.3) is 10.9 Å². The van der Waals surface area contributed by atoms with Gasteiger partial charge in [-0.2, -0.15) is 13.2 Å². The number of carboxylic acid groups (broad SMARTS) is 1. The predicted octanol–water partition coefficient (Wildman–Crippen LogP) is 4.93. The van der Waals surface area contributed by atoms with Gasteiger partial charge < -0.3 is 14.6 Å². The number of amides is 1. The molecule has 224 valence electrons. The van der Waals surface area contributed by atoms with Crippen LogP contribution in [0.1, 0.15) is 34.3 Å². The molecule has 0 radical (unpaired) electrons. The van der Waals surface area contributed by atoms with E-state index in [1.807, 2.05) is 0 Å². The zero-order valence-corrected chi connectivity index (χ0v) is 22.6. The Hall–Kier alpha value is -5.27. The van der Waals surface area contributed by atoms with E-state index in [1.165, 1.54) is 19.2 Å². The van der Waals surface area contributed by atoms with Crippen molar-refractivity contribution in [3.05, 3.63) is 93.8 Å². The molecule has 1 atom stereocenters. The van der Waals surface area contributed by atoms with Crippen LogP contribution in [-0.2, 0) is 28.9 Å². The molecule has 0 fully saturated rings. The Labute approximate surface area is 241 Å². The number of aliphatic carboxylic acids is 1. The normalized spacial score (nSPS) is 12.0. The second-order valence-corrected chi connectivity index (χ2v) is 9.43. The van der Waals surface area contributed by atoms with Gasteiger partial charge in [-0.3, -0.25) is 19.7 Å². The van der Waals surface area contributed by atoms with E-state index in [-0.39, 0.29) is 42.5 Å². The summed E-state index contributed by atoms with van der Waals surface area (Å²) in [5.74, 6) is -2.41. The highest BCUT2D eigenvalue weighted by Crippen LogP contribution is 2.30. The van der Waals surface area contributed by atoms with Crippen LogP contribution in [0, 0.1) is 5.92 Å². The number of carbonyl (C=O) groups is 3. The molecule has 2 N–H and O–H groups in total. The lowest BCUT2D eigenvalue weighted by Gasteiger charge is -2.13. The maximum atomic E-state index is 12.9. The molecule has 0 aliphatic heterocycles. The number of fused-ring (bicyclic) bond motifs is 1. The summed E-state index contributed by atoms with van der Waals surface area (Å²) in [5.41, 5.74) is -0.395. The highest BCUT2D eigenvalue weighted by Gasteiger charge is 2.31. The van der Waals surface area contributed by atoms with Gasteiger partial charge in [0.25, 0.3) is 5.56 Å². The van der Waals surface area contributed by atoms with Crippen LogP contribution in [0.3, 0.4) is 0 Å². The number of aryl methyl sites for hydroxylation is 1. The Morgan fingerprint density at radius 2 is 1.79 bits per heavy atom. The minimum atomic E-state index is -4.61. The number of carboxylic acids is 1. The third-order valence-electron chi connectivity index (χ3n) is 6.46. The first kappa shape index (κ1) is 30.7. The fourth-order valence-corrected chi connectivity index (χ4v) is 4.14. The first-order valence-electron chi connectivity index (χ1n) is 12.8. The fraction of sp³-hybridized carbons (Fsp3) is 0.241. The molecule has 0 bridgehead atoms. The number of nitrogens with one attached hydrogen (secondary N) is 1. The number of benzene rings is 3. The van der Waals surface area contributed by atoms with E-state index in [1.54, 1.807) is 36.4 Å². The Bertz CT molecular complexity index is 1710. The second kappa shape index (κ2) is 13.1. The van der Waals surface area contributed by atoms with Gasteiger partial charge in [0.15, 0.2) is 5.78 Å². The third kappa shape index (κ3) is 7.93. The summed E-state index contributed by atoms with van der Waals surface area (Å²) in [5, 5.41) is 19.4. The van der Waals surface area contributed by atoms with Gasteiger partial charge in [0, 0.05) is 24.2 Å². The van der Waals surface area contributed by atoms with E-state index in [2.05, 4.69) is 20.4 Å². The van der Waals surface area contributed by atoms with Crippen molar-refractivity contribution in [2.75, 3.05) is 12.4 Å². The summed E-state index contributed by atoms with van der Waals surface area (Å²) in [4.78, 5) is 48.8. The van der Waals surface area contributed by atoms with Gasteiger partial charge >= 0.3 is 18.2 Å². The van der Waals surface area contributed by atoms with Crippen molar-refractivity contribution < 1.29 is 42.1 Å². The Morgan fingerprint density at radius 1 is 1.05 bits per heavy atom. The van der Waals surface area contributed by atoms with Crippen LogP contribution in [0.4, 0.5) is 23.7 Å². The standard InChI is InChI=1S/C29H25F3N4O7/c1-42-28(41)33-21-4-2-3-17(13-21)16-43-22-8-5-18(6-9-22)25(37)14-19(27(39)40)11-12-36-26(38)23-10-7-20(29(30,31)32)15-24(23)34-35-36/h2-10,13,15,19H,11-12,14,16H2,1H3,(H,33,41)(H,39,40).